The number of fused-ring (bicyclic) bond motifs is 1. The third-order valence-electron chi connectivity index (χ3n) is 4.30. The van der Waals surface area contributed by atoms with Crippen LogP contribution < -0.4 is 26.5 Å². The van der Waals surface area contributed by atoms with E-state index in [1.54, 1.807) is 12.1 Å². The first-order valence-corrected chi connectivity index (χ1v) is 7.34. The van der Waals surface area contributed by atoms with Crippen molar-refractivity contribution in [1.29, 1.82) is 0 Å². The fourth-order valence-corrected chi connectivity index (χ4v) is 2.95. The highest BCUT2D eigenvalue weighted by atomic mass is 16.6. The largest absolute Gasteiger partial charge is 0.493 e. The first-order chi connectivity index (χ1) is 11.8. The number of benzene rings is 1. The maximum absolute atomic E-state index is 12.6. The Hall–Kier alpha value is -3.23. The van der Waals surface area contributed by atoms with Crippen LogP contribution in [0.15, 0.2) is 21.7 Å². The molecule has 0 aliphatic carbocycles. The summed E-state index contributed by atoms with van der Waals surface area (Å²) in [5, 5.41) is 0. The highest BCUT2D eigenvalue weighted by molar-refractivity contribution is 5.98. The molecule has 0 radical (unpaired) electrons. The maximum atomic E-state index is 12.6. The summed E-state index contributed by atoms with van der Waals surface area (Å²) in [4.78, 5) is 36.9. The van der Waals surface area contributed by atoms with Gasteiger partial charge in [0.2, 0.25) is 0 Å². The van der Waals surface area contributed by atoms with Gasteiger partial charge in [-0.25, -0.2) is 9.59 Å². The number of cyclic esters (lactones) is 1. The van der Waals surface area contributed by atoms with Gasteiger partial charge in [0.1, 0.15) is 16.9 Å². The number of nitrogens with two attached hydrogens (primary N) is 1. The molecule has 25 heavy (non-hydrogen) atoms. The molecule has 0 saturated carbocycles. The van der Waals surface area contributed by atoms with E-state index in [1.165, 1.54) is 28.3 Å². The van der Waals surface area contributed by atoms with E-state index < -0.39 is 23.3 Å². The van der Waals surface area contributed by atoms with Gasteiger partial charge in [0.25, 0.3) is 5.56 Å². The summed E-state index contributed by atoms with van der Waals surface area (Å²) in [6.07, 6.45) is -1.03. The molecule has 1 aromatic heterocycles. The molecule has 0 unspecified atom stereocenters. The van der Waals surface area contributed by atoms with E-state index in [0.29, 0.717) is 11.3 Å². The van der Waals surface area contributed by atoms with E-state index in [4.69, 9.17) is 19.9 Å². The molecule has 9 heteroatoms. The van der Waals surface area contributed by atoms with Crippen molar-refractivity contribution in [3.63, 3.8) is 0 Å². The average Bonchev–Trinajstić information content (AvgIpc) is 2.94. The zero-order valence-corrected chi connectivity index (χ0v) is 14.2. The number of hydrogen-bond donors (Lipinski definition) is 1. The van der Waals surface area contributed by atoms with Crippen molar-refractivity contribution >= 4 is 11.8 Å². The molecule has 0 fully saturated rings. The van der Waals surface area contributed by atoms with Crippen molar-refractivity contribution < 1.29 is 19.0 Å². The normalized spacial score (nSPS) is 15.7. The lowest BCUT2D eigenvalue weighted by Gasteiger charge is -2.16. The molecule has 1 aliphatic rings. The second-order valence-corrected chi connectivity index (χ2v) is 5.56. The van der Waals surface area contributed by atoms with E-state index in [1.807, 2.05) is 0 Å². The van der Waals surface area contributed by atoms with Crippen molar-refractivity contribution in [3.8, 4) is 11.5 Å². The van der Waals surface area contributed by atoms with Gasteiger partial charge in [-0.2, -0.15) is 0 Å². The molecule has 0 amide bonds. The summed E-state index contributed by atoms with van der Waals surface area (Å²) in [5.74, 6) is -0.146. The predicted octanol–water partition coefficient (Wildman–Crippen LogP) is -0.0568. The van der Waals surface area contributed by atoms with Crippen LogP contribution in [0.3, 0.4) is 0 Å². The Kier molecular flexibility index (Phi) is 3.78. The number of hydrogen-bond acceptors (Lipinski definition) is 7. The number of esters is 1. The standard InChI is InChI=1S/C16H17N3O6/c1-18-13(17)10(14(20)19(2)16(18)22)11-7-5-6-8(23-3)12(24-4)9(7)15(21)25-11/h5-6,11H,17H2,1-4H3/t11-/m0/s1. The zero-order chi connectivity index (χ0) is 18.5. The molecule has 2 heterocycles. The highest BCUT2D eigenvalue weighted by Gasteiger charge is 2.39. The second kappa shape index (κ2) is 5.69. The van der Waals surface area contributed by atoms with Gasteiger partial charge in [0.15, 0.2) is 17.6 Å². The van der Waals surface area contributed by atoms with Crippen LogP contribution in [-0.4, -0.2) is 29.3 Å². The zero-order valence-electron chi connectivity index (χ0n) is 14.2. The summed E-state index contributed by atoms with van der Waals surface area (Å²) in [6, 6.07) is 3.21. The molecule has 1 aromatic carbocycles. The number of carbonyl (C=O) groups excluding carboxylic acids is 1. The lowest BCUT2D eigenvalue weighted by Crippen LogP contribution is -2.41. The topological polar surface area (TPSA) is 115 Å². The minimum atomic E-state index is -1.03. The van der Waals surface area contributed by atoms with Crippen LogP contribution >= 0.6 is 0 Å². The van der Waals surface area contributed by atoms with Crippen LogP contribution in [0.1, 0.15) is 27.6 Å². The number of nitrogen functional groups attached to an aromatic ring is 1. The van der Waals surface area contributed by atoms with Gasteiger partial charge < -0.3 is 19.9 Å². The van der Waals surface area contributed by atoms with Crippen molar-refractivity contribution in [2.75, 3.05) is 20.0 Å². The van der Waals surface area contributed by atoms with Crippen LogP contribution in [0.2, 0.25) is 0 Å². The molecule has 9 nitrogen and oxygen atoms in total. The Labute approximate surface area is 142 Å². The van der Waals surface area contributed by atoms with Gasteiger partial charge >= 0.3 is 11.7 Å². The van der Waals surface area contributed by atoms with Gasteiger partial charge in [0, 0.05) is 19.7 Å². The monoisotopic (exact) mass is 347 g/mol. The minimum Gasteiger partial charge on any atom is -0.493 e. The summed E-state index contributed by atoms with van der Waals surface area (Å²) in [7, 11) is 5.62. The van der Waals surface area contributed by atoms with Gasteiger partial charge in [-0.05, 0) is 6.07 Å². The molecular weight excluding hydrogens is 330 g/mol. The number of rotatable bonds is 3. The lowest BCUT2D eigenvalue weighted by molar-refractivity contribution is 0.0451. The molecule has 1 atom stereocenters. The first kappa shape index (κ1) is 16.6. The van der Waals surface area contributed by atoms with Gasteiger partial charge in [0.05, 0.1) is 14.2 Å². The molecule has 0 bridgehead atoms. The molecule has 2 N–H and O–H groups in total. The molecule has 2 aromatic rings. The van der Waals surface area contributed by atoms with Crippen molar-refractivity contribution in [1.82, 2.24) is 9.13 Å². The number of anilines is 1. The Morgan fingerprint density at radius 2 is 1.76 bits per heavy atom. The molecule has 0 saturated heterocycles. The number of ether oxygens (including phenoxy) is 3. The third-order valence-corrected chi connectivity index (χ3v) is 4.30. The van der Waals surface area contributed by atoms with E-state index in [2.05, 4.69) is 0 Å². The summed E-state index contributed by atoms with van der Waals surface area (Å²) >= 11 is 0. The molecule has 132 valence electrons. The maximum Gasteiger partial charge on any atom is 0.343 e. The number of nitrogens with zero attached hydrogens (tertiary/aromatic N) is 2. The lowest BCUT2D eigenvalue weighted by atomic mass is 9.99. The smallest absolute Gasteiger partial charge is 0.343 e. The minimum absolute atomic E-state index is 0.0175. The summed E-state index contributed by atoms with van der Waals surface area (Å²) < 4.78 is 17.9. The number of methoxy groups -OCH3 is 2. The number of aromatic nitrogens is 2. The van der Waals surface area contributed by atoms with Crippen LogP contribution in [0.4, 0.5) is 5.82 Å². The van der Waals surface area contributed by atoms with Crippen molar-refractivity contribution in [2.45, 2.75) is 6.10 Å². The Bertz CT molecular complexity index is 1000. The van der Waals surface area contributed by atoms with E-state index in [-0.39, 0.29) is 22.7 Å². The first-order valence-electron chi connectivity index (χ1n) is 7.34. The van der Waals surface area contributed by atoms with Gasteiger partial charge in [-0.3, -0.25) is 13.9 Å². The molecule has 0 spiro atoms. The molecule has 3 rings (SSSR count). The van der Waals surface area contributed by atoms with Gasteiger partial charge in [-0.1, -0.05) is 6.07 Å². The van der Waals surface area contributed by atoms with Crippen LogP contribution in [0.25, 0.3) is 0 Å². The quantitative estimate of drug-likeness (QED) is 0.774. The predicted molar refractivity (Wildman–Crippen MR) is 88.1 cm³/mol. The summed E-state index contributed by atoms with van der Waals surface area (Å²) in [6.45, 7) is 0. The SMILES string of the molecule is COc1ccc2c(c1OC)C(=O)O[C@@H]2c1c(N)n(C)c(=O)n(C)c1=O. The fourth-order valence-electron chi connectivity index (χ4n) is 2.95. The Morgan fingerprint density at radius 1 is 1.08 bits per heavy atom. The van der Waals surface area contributed by atoms with Crippen molar-refractivity contribution in [2.24, 2.45) is 14.1 Å². The third kappa shape index (κ3) is 2.19. The average molecular weight is 347 g/mol. The highest BCUT2D eigenvalue weighted by Crippen LogP contribution is 2.44. The second-order valence-electron chi connectivity index (χ2n) is 5.56. The van der Waals surface area contributed by atoms with E-state index in [0.717, 1.165) is 9.13 Å². The Balaban J connectivity index is 2.31. The summed E-state index contributed by atoms with van der Waals surface area (Å²) in [5.41, 5.74) is 5.38. The Morgan fingerprint density at radius 3 is 2.36 bits per heavy atom. The fraction of sp³-hybridized carbons (Fsp3) is 0.312. The van der Waals surface area contributed by atoms with Crippen LogP contribution in [0, 0.1) is 0 Å². The van der Waals surface area contributed by atoms with Gasteiger partial charge in [-0.15, -0.1) is 0 Å². The van der Waals surface area contributed by atoms with Crippen molar-refractivity contribution in [3.05, 3.63) is 49.7 Å². The van der Waals surface area contributed by atoms with Crippen LogP contribution in [0.5, 0.6) is 11.5 Å². The molecule has 1 aliphatic heterocycles. The van der Waals surface area contributed by atoms with E-state index >= 15 is 0 Å². The number of carbonyl (C=O) groups is 1. The molecular formula is C16H17N3O6. The van der Waals surface area contributed by atoms with Crippen LogP contribution in [-0.2, 0) is 18.8 Å². The van der Waals surface area contributed by atoms with E-state index in [9.17, 15) is 14.4 Å².